The van der Waals surface area contributed by atoms with E-state index in [9.17, 15) is 9.59 Å². The molecule has 0 spiro atoms. The molecule has 148 valence electrons. The molecule has 1 fully saturated rings. The molecule has 1 heterocycles. The number of hydrogen-bond donors (Lipinski definition) is 1. The van der Waals surface area contributed by atoms with Gasteiger partial charge in [-0.3, -0.25) is 9.59 Å². The SMILES string of the molecule is O=C(NCCCC(=O)N1CCN(c2ccc(Cl)cc2)CC1)c1ccc(Cl)cc1. The number of anilines is 1. The van der Waals surface area contributed by atoms with Gasteiger partial charge >= 0.3 is 0 Å². The maximum absolute atomic E-state index is 12.4. The van der Waals surface area contributed by atoms with Gasteiger partial charge in [0, 0.05) is 60.4 Å². The maximum Gasteiger partial charge on any atom is 0.251 e. The summed E-state index contributed by atoms with van der Waals surface area (Å²) in [6.45, 7) is 3.50. The summed E-state index contributed by atoms with van der Waals surface area (Å²) in [5.74, 6) is -0.0165. The summed E-state index contributed by atoms with van der Waals surface area (Å²) in [5.41, 5.74) is 1.69. The number of benzene rings is 2. The first-order chi connectivity index (χ1) is 13.5. The predicted molar refractivity (Wildman–Crippen MR) is 113 cm³/mol. The molecule has 0 bridgehead atoms. The van der Waals surface area contributed by atoms with E-state index in [1.807, 2.05) is 29.2 Å². The first kappa shape index (κ1) is 20.5. The van der Waals surface area contributed by atoms with Crippen molar-refractivity contribution in [3.05, 3.63) is 64.1 Å². The number of nitrogens with one attached hydrogen (secondary N) is 1. The Morgan fingerprint density at radius 2 is 1.43 bits per heavy atom. The Balaban J connectivity index is 1.36. The van der Waals surface area contributed by atoms with Crippen LogP contribution < -0.4 is 10.2 Å². The van der Waals surface area contributed by atoms with E-state index in [1.54, 1.807) is 24.3 Å². The zero-order valence-electron chi connectivity index (χ0n) is 15.5. The van der Waals surface area contributed by atoms with Gasteiger partial charge in [0.2, 0.25) is 5.91 Å². The van der Waals surface area contributed by atoms with Crippen LogP contribution in [0.1, 0.15) is 23.2 Å². The van der Waals surface area contributed by atoms with Crippen LogP contribution in [0.15, 0.2) is 48.5 Å². The topological polar surface area (TPSA) is 52.7 Å². The van der Waals surface area contributed by atoms with Crippen LogP contribution in [0.25, 0.3) is 0 Å². The van der Waals surface area contributed by atoms with E-state index < -0.39 is 0 Å². The summed E-state index contributed by atoms with van der Waals surface area (Å²) in [7, 11) is 0. The maximum atomic E-state index is 12.4. The van der Waals surface area contributed by atoms with Gasteiger partial charge in [0.15, 0.2) is 0 Å². The molecule has 2 aromatic carbocycles. The molecule has 1 aliphatic rings. The molecule has 0 saturated carbocycles. The monoisotopic (exact) mass is 419 g/mol. The van der Waals surface area contributed by atoms with Crippen molar-refractivity contribution in [1.82, 2.24) is 10.2 Å². The van der Waals surface area contributed by atoms with Crippen molar-refractivity contribution in [2.45, 2.75) is 12.8 Å². The number of hydrogen-bond acceptors (Lipinski definition) is 3. The lowest BCUT2D eigenvalue weighted by Gasteiger charge is -2.36. The summed E-state index contributed by atoms with van der Waals surface area (Å²) in [6.07, 6.45) is 1.05. The summed E-state index contributed by atoms with van der Waals surface area (Å²) in [5, 5.41) is 4.16. The van der Waals surface area contributed by atoms with E-state index in [-0.39, 0.29) is 11.8 Å². The van der Waals surface area contributed by atoms with E-state index in [2.05, 4.69) is 10.2 Å². The van der Waals surface area contributed by atoms with Crippen molar-refractivity contribution >= 4 is 40.7 Å². The molecule has 3 rings (SSSR count). The highest BCUT2D eigenvalue weighted by Crippen LogP contribution is 2.19. The minimum atomic E-state index is -0.152. The number of amides is 2. The van der Waals surface area contributed by atoms with Gasteiger partial charge in [-0.1, -0.05) is 23.2 Å². The van der Waals surface area contributed by atoms with Gasteiger partial charge < -0.3 is 15.1 Å². The van der Waals surface area contributed by atoms with Gasteiger partial charge in [0.25, 0.3) is 5.91 Å². The average Bonchev–Trinajstić information content (AvgIpc) is 2.72. The quantitative estimate of drug-likeness (QED) is 0.723. The lowest BCUT2D eigenvalue weighted by molar-refractivity contribution is -0.131. The molecule has 0 unspecified atom stereocenters. The predicted octanol–water partition coefficient (Wildman–Crippen LogP) is 3.85. The molecular weight excluding hydrogens is 397 g/mol. The van der Waals surface area contributed by atoms with Crippen molar-refractivity contribution in [3.63, 3.8) is 0 Å². The van der Waals surface area contributed by atoms with Crippen molar-refractivity contribution in [2.24, 2.45) is 0 Å². The zero-order valence-corrected chi connectivity index (χ0v) is 17.0. The molecule has 0 aromatic heterocycles. The smallest absolute Gasteiger partial charge is 0.251 e. The van der Waals surface area contributed by atoms with E-state index in [0.29, 0.717) is 43.1 Å². The third kappa shape index (κ3) is 5.63. The van der Waals surface area contributed by atoms with Crippen LogP contribution >= 0.6 is 23.2 Å². The second-order valence-corrected chi connectivity index (χ2v) is 7.58. The number of halogens is 2. The van der Waals surface area contributed by atoms with Gasteiger partial charge in [0.05, 0.1) is 0 Å². The third-order valence-corrected chi connectivity index (χ3v) is 5.29. The van der Waals surface area contributed by atoms with E-state index in [0.717, 1.165) is 23.8 Å². The first-order valence-corrected chi connectivity index (χ1v) is 10.1. The average molecular weight is 420 g/mol. The molecule has 2 aromatic rings. The molecule has 28 heavy (non-hydrogen) atoms. The number of piperazine rings is 1. The van der Waals surface area contributed by atoms with Gasteiger partial charge in [-0.25, -0.2) is 0 Å². The number of carbonyl (C=O) groups excluding carboxylic acids is 2. The normalized spacial score (nSPS) is 14.1. The fourth-order valence-electron chi connectivity index (χ4n) is 3.17. The Kier molecular flexibility index (Phi) is 7.18. The lowest BCUT2D eigenvalue weighted by Crippen LogP contribution is -2.48. The molecule has 1 N–H and O–H groups in total. The summed E-state index contributed by atoms with van der Waals surface area (Å²) >= 11 is 11.8. The van der Waals surface area contributed by atoms with Crippen LogP contribution in [0.2, 0.25) is 10.0 Å². The Morgan fingerprint density at radius 3 is 2.04 bits per heavy atom. The minimum Gasteiger partial charge on any atom is -0.368 e. The van der Waals surface area contributed by atoms with Gasteiger partial charge in [0.1, 0.15) is 0 Å². The standard InChI is InChI=1S/C21H23Cl2N3O2/c22-17-5-3-16(4-6-17)21(28)24-11-1-2-20(27)26-14-12-25(13-15-26)19-9-7-18(23)8-10-19/h3-10H,1-2,11-15H2,(H,24,28). The number of nitrogens with zero attached hydrogens (tertiary/aromatic N) is 2. The number of carbonyl (C=O) groups is 2. The highest BCUT2D eigenvalue weighted by molar-refractivity contribution is 6.30. The second-order valence-electron chi connectivity index (χ2n) is 6.71. The molecule has 2 amide bonds. The second kappa shape index (κ2) is 9.80. The lowest BCUT2D eigenvalue weighted by atomic mass is 10.2. The van der Waals surface area contributed by atoms with Crippen molar-refractivity contribution in [3.8, 4) is 0 Å². The molecule has 7 heteroatoms. The van der Waals surface area contributed by atoms with Crippen LogP contribution in [0.3, 0.4) is 0 Å². The van der Waals surface area contributed by atoms with Crippen LogP contribution in [-0.4, -0.2) is 49.4 Å². The highest BCUT2D eigenvalue weighted by Gasteiger charge is 2.21. The van der Waals surface area contributed by atoms with E-state index >= 15 is 0 Å². The fourth-order valence-corrected chi connectivity index (χ4v) is 3.42. The van der Waals surface area contributed by atoms with Gasteiger partial charge in [-0.2, -0.15) is 0 Å². The fraction of sp³-hybridized carbons (Fsp3) is 0.333. The van der Waals surface area contributed by atoms with Gasteiger partial charge in [-0.15, -0.1) is 0 Å². The Hall–Kier alpha value is -2.24. The minimum absolute atomic E-state index is 0.136. The van der Waals surface area contributed by atoms with Crippen LogP contribution in [-0.2, 0) is 4.79 Å². The summed E-state index contributed by atoms with van der Waals surface area (Å²) in [6, 6.07) is 14.5. The summed E-state index contributed by atoms with van der Waals surface area (Å²) < 4.78 is 0. The highest BCUT2D eigenvalue weighted by atomic mass is 35.5. The molecule has 1 aliphatic heterocycles. The molecule has 1 saturated heterocycles. The Morgan fingerprint density at radius 1 is 0.857 bits per heavy atom. The van der Waals surface area contributed by atoms with Crippen molar-refractivity contribution in [1.29, 1.82) is 0 Å². The molecule has 0 radical (unpaired) electrons. The van der Waals surface area contributed by atoms with Crippen molar-refractivity contribution in [2.75, 3.05) is 37.6 Å². The van der Waals surface area contributed by atoms with Crippen molar-refractivity contribution < 1.29 is 9.59 Å². The van der Waals surface area contributed by atoms with Crippen LogP contribution in [0, 0.1) is 0 Å². The van der Waals surface area contributed by atoms with Crippen LogP contribution in [0.5, 0.6) is 0 Å². The molecular formula is C21H23Cl2N3O2. The Bertz CT molecular complexity index is 801. The zero-order chi connectivity index (χ0) is 19.9. The molecule has 5 nitrogen and oxygen atoms in total. The van der Waals surface area contributed by atoms with Gasteiger partial charge in [-0.05, 0) is 55.0 Å². The van der Waals surface area contributed by atoms with E-state index in [4.69, 9.17) is 23.2 Å². The third-order valence-electron chi connectivity index (χ3n) is 4.78. The Labute approximate surface area is 175 Å². The van der Waals surface area contributed by atoms with E-state index in [1.165, 1.54) is 0 Å². The largest absolute Gasteiger partial charge is 0.368 e. The summed E-state index contributed by atoms with van der Waals surface area (Å²) in [4.78, 5) is 28.6. The number of rotatable bonds is 6. The first-order valence-electron chi connectivity index (χ1n) is 9.35. The molecule has 0 atom stereocenters. The van der Waals surface area contributed by atoms with Crippen LogP contribution in [0.4, 0.5) is 5.69 Å². The molecule has 0 aliphatic carbocycles.